The van der Waals surface area contributed by atoms with Crippen molar-refractivity contribution in [1.82, 2.24) is 9.78 Å². The molecule has 1 heterocycles. The van der Waals surface area contributed by atoms with Crippen LogP contribution in [0.25, 0.3) is 0 Å². The Bertz CT molecular complexity index is 297. The number of hydrogen-bond donors (Lipinski definition) is 0. The summed E-state index contributed by atoms with van der Waals surface area (Å²) in [6.45, 7) is 5.73. The molecular formula is C10H17ClN2O. The van der Waals surface area contributed by atoms with Gasteiger partial charge in [0.05, 0.1) is 11.6 Å². The average Bonchev–Trinajstić information content (AvgIpc) is 2.42. The first-order valence-electron chi connectivity index (χ1n) is 4.78. The van der Waals surface area contributed by atoms with Crippen molar-refractivity contribution >= 4 is 11.6 Å². The minimum absolute atomic E-state index is 0.544. The number of alkyl halides is 1. The Kier molecular flexibility index (Phi) is 4.42. The van der Waals surface area contributed by atoms with Crippen LogP contribution in [0.3, 0.4) is 0 Å². The van der Waals surface area contributed by atoms with E-state index < -0.39 is 0 Å². The first kappa shape index (κ1) is 11.5. The third kappa shape index (κ3) is 2.49. The Morgan fingerprint density at radius 2 is 2.14 bits per heavy atom. The quantitative estimate of drug-likeness (QED) is 0.558. The van der Waals surface area contributed by atoms with Crippen molar-refractivity contribution in [1.29, 1.82) is 0 Å². The molecule has 0 aliphatic heterocycles. The van der Waals surface area contributed by atoms with Gasteiger partial charge in [0.1, 0.15) is 0 Å². The van der Waals surface area contributed by atoms with Gasteiger partial charge in [-0.3, -0.25) is 4.68 Å². The van der Waals surface area contributed by atoms with Gasteiger partial charge in [-0.25, -0.2) is 0 Å². The van der Waals surface area contributed by atoms with E-state index in [9.17, 15) is 0 Å². The Hall–Kier alpha value is -0.540. The number of halogens is 1. The second kappa shape index (κ2) is 5.37. The maximum atomic E-state index is 5.83. The van der Waals surface area contributed by atoms with Gasteiger partial charge in [-0.1, -0.05) is 0 Å². The van der Waals surface area contributed by atoms with Crippen LogP contribution in [0.1, 0.15) is 23.4 Å². The first-order valence-corrected chi connectivity index (χ1v) is 5.32. The molecule has 1 aromatic heterocycles. The Morgan fingerprint density at radius 3 is 2.64 bits per heavy atom. The topological polar surface area (TPSA) is 27.1 Å². The van der Waals surface area contributed by atoms with Gasteiger partial charge in [0.25, 0.3) is 0 Å². The van der Waals surface area contributed by atoms with Crippen molar-refractivity contribution in [3.8, 4) is 0 Å². The largest absolute Gasteiger partial charge is 0.385 e. The molecule has 1 rings (SSSR count). The van der Waals surface area contributed by atoms with Gasteiger partial charge < -0.3 is 4.74 Å². The van der Waals surface area contributed by atoms with Gasteiger partial charge in [-0.2, -0.15) is 5.10 Å². The number of ether oxygens (including phenoxy) is 1. The summed E-state index contributed by atoms with van der Waals surface area (Å²) in [6, 6.07) is 0. The van der Waals surface area contributed by atoms with Gasteiger partial charge >= 0.3 is 0 Å². The SMILES string of the molecule is COCCCn1nc(C)c(CCl)c1C. The molecule has 0 amide bonds. The van der Waals surface area contributed by atoms with Crippen LogP contribution in [0.5, 0.6) is 0 Å². The zero-order valence-corrected chi connectivity index (χ0v) is 9.76. The van der Waals surface area contributed by atoms with Crippen LogP contribution in [0.2, 0.25) is 0 Å². The summed E-state index contributed by atoms with van der Waals surface area (Å²) < 4.78 is 7.01. The van der Waals surface area contributed by atoms with Crippen molar-refractivity contribution in [3.05, 3.63) is 17.0 Å². The van der Waals surface area contributed by atoms with E-state index in [0.717, 1.165) is 30.8 Å². The normalized spacial score (nSPS) is 10.9. The van der Waals surface area contributed by atoms with E-state index in [4.69, 9.17) is 16.3 Å². The molecule has 1 aromatic rings. The van der Waals surface area contributed by atoms with Gasteiger partial charge in [0.15, 0.2) is 0 Å². The number of hydrogen-bond acceptors (Lipinski definition) is 2. The number of aromatic nitrogens is 2. The number of nitrogens with zero attached hydrogens (tertiary/aromatic N) is 2. The molecule has 0 bridgehead atoms. The lowest BCUT2D eigenvalue weighted by molar-refractivity contribution is 0.188. The highest BCUT2D eigenvalue weighted by atomic mass is 35.5. The summed E-state index contributed by atoms with van der Waals surface area (Å²) in [4.78, 5) is 0. The van der Waals surface area contributed by atoms with Gasteiger partial charge in [0, 0.05) is 31.5 Å². The van der Waals surface area contributed by atoms with E-state index in [1.54, 1.807) is 7.11 Å². The lowest BCUT2D eigenvalue weighted by Gasteiger charge is -2.03. The molecule has 0 aliphatic carbocycles. The number of rotatable bonds is 5. The molecule has 0 spiro atoms. The second-order valence-electron chi connectivity index (χ2n) is 3.35. The Balaban J connectivity index is 2.68. The molecule has 80 valence electrons. The van der Waals surface area contributed by atoms with Crippen molar-refractivity contribution in [2.75, 3.05) is 13.7 Å². The predicted octanol–water partition coefficient (Wildman–Crippen LogP) is 2.28. The molecule has 0 aliphatic rings. The zero-order valence-electron chi connectivity index (χ0n) is 9.01. The van der Waals surface area contributed by atoms with E-state index in [-0.39, 0.29) is 0 Å². The smallest absolute Gasteiger partial charge is 0.0640 e. The third-order valence-corrected chi connectivity index (χ3v) is 2.65. The summed E-state index contributed by atoms with van der Waals surface area (Å²) in [7, 11) is 1.71. The molecule has 0 radical (unpaired) electrons. The molecular weight excluding hydrogens is 200 g/mol. The highest BCUT2D eigenvalue weighted by molar-refractivity contribution is 6.17. The van der Waals surface area contributed by atoms with Gasteiger partial charge in [-0.15, -0.1) is 11.6 Å². The molecule has 0 aromatic carbocycles. The molecule has 4 heteroatoms. The molecule has 0 N–H and O–H groups in total. The monoisotopic (exact) mass is 216 g/mol. The molecule has 0 fully saturated rings. The standard InChI is InChI=1S/C10H17ClN2O/c1-8-10(7-11)9(2)13(12-8)5-4-6-14-3/h4-7H2,1-3H3. The fraction of sp³-hybridized carbons (Fsp3) is 0.700. The van der Waals surface area contributed by atoms with Crippen LogP contribution in [-0.4, -0.2) is 23.5 Å². The van der Waals surface area contributed by atoms with Gasteiger partial charge in [-0.05, 0) is 20.3 Å². The van der Waals surface area contributed by atoms with Crippen LogP contribution in [0.15, 0.2) is 0 Å². The minimum atomic E-state index is 0.544. The van der Waals surface area contributed by atoms with Crippen molar-refractivity contribution in [2.45, 2.75) is 32.7 Å². The average molecular weight is 217 g/mol. The molecule has 3 nitrogen and oxygen atoms in total. The highest BCUT2D eigenvalue weighted by Gasteiger charge is 2.09. The fourth-order valence-corrected chi connectivity index (χ4v) is 1.89. The maximum absolute atomic E-state index is 5.83. The van der Waals surface area contributed by atoms with Crippen LogP contribution >= 0.6 is 11.6 Å². The van der Waals surface area contributed by atoms with Crippen LogP contribution in [0, 0.1) is 13.8 Å². The summed E-state index contributed by atoms with van der Waals surface area (Å²) in [5.74, 6) is 0.544. The third-order valence-electron chi connectivity index (χ3n) is 2.38. The van der Waals surface area contributed by atoms with Crippen LogP contribution in [0.4, 0.5) is 0 Å². The van der Waals surface area contributed by atoms with Crippen LogP contribution < -0.4 is 0 Å². The summed E-state index contributed by atoms with van der Waals surface area (Å²) in [5.41, 5.74) is 3.37. The lowest BCUT2D eigenvalue weighted by Crippen LogP contribution is -2.05. The van der Waals surface area contributed by atoms with E-state index in [0.29, 0.717) is 5.88 Å². The Morgan fingerprint density at radius 1 is 1.43 bits per heavy atom. The lowest BCUT2D eigenvalue weighted by atomic mass is 10.2. The second-order valence-corrected chi connectivity index (χ2v) is 3.62. The van der Waals surface area contributed by atoms with Crippen molar-refractivity contribution in [3.63, 3.8) is 0 Å². The minimum Gasteiger partial charge on any atom is -0.385 e. The predicted molar refractivity (Wildman–Crippen MR) is 57.8 cm³/mol. The molecule has 0 saturated heterocycles. The molecule has 14 heavy (non-hydrogen) atoms. The van der Waals surface area contributed by atoms with E-state index in [1.807, 2.05) is 11.6 Å². The summed E-state index contributed by atoms with van der Waals surface area (Å²) >= 11 is 5.83. The van der Waals surface area contributed by atoms with E-state index in [2.05, 4.69) is 12.0 Å². The zero-order chi connectivity index (χ0) is 10.6. The highest BCUT2D eigenvalue weighted by Crippen LogP contribution is 2.15. The van der Waals surface area contributed by atoms with Crippen molar-refractivity contribution < 1.29 is 4.74 Å². The summed E-state index contributed by atoms with van der Waals surface area (Å²) in [5, 5.41) is 4.43. The fourth-order valence-electron chi connectivity index (χ4n) is 1.50. The molecule has 0 atom stereocenters. The first-order chi connectivity index (χ1) is 6.70. The molecule has 0 unspecified atom stereocenters. The Labute approximate surface area is 90.0 Å². The van der Waals surface area contributed by atoms with Gasteiger partial charge in [0.2, 0.25) is 0 Å². The summed E-state index contributed by atoms with van der Waals surface area (Å²) in [6.07, 6.45) is 0.986. The van der Waals surface area contributed by atoms with E-state index in [1.165, 1.54) is 5.69 Å². The number of aryl methyl sites for hydroxylation is 2. The maximum Gasteiger partial charge on any atom is 0.0640 e. The van der Waals surface area contributed by atoms with Crippen LogP contribution in [-0.2, 0) is 17.2 Å². The van der Waals surface area contributed by atoms with E-state index >= 15 is 0 Å². The van der Waals surface area contributed by atoms with Crippen molar-refractivity contribution in [2.24, 2.45) is 0 Å². The molecule has 0 saturated carbocycles. The number of methoxy groups -OCH3 is 1.